The van der Waals surface area contributed by atoms with E-state index in [-0.39, 0.29) is 12.3 Å². The Kier molecular flexibility index (Phi) is 5.18. The molecule has 0 heterocycles. The molecule has 0 saturated heterocycles. The molecule has 0 spiro atoms. The quantitative estimate of drug-likeness (QED) is 0.498. The van der Waals surface area contributed by atoms with Gasteiger partial charge in [0.1, 0.15) is 12.2 Å². The van der Waals surface area contributed by atoms with Gasteiger partial charge in [-0.3, -0.25) is 8.98 Å². The summed E-state index contributed by atoms with van der Waals surface area (Å²) in [6.45, 7) is 4.57. The highest BCUT2D eigenvalue weighted by atomic mass is 32.2. The third-order valence-corrected chi connectivity index (χ3v) is 9.65. The van der Waals surface area contributed by atoms with Gasteiger partial charge in [-0.2, -0.15) is 8.42 Å². The summed E-state index contributed by atoms with van der Waals surface area (Å²) in [6.07, 6.45) is 7.73. The van der Waals surface area contributed by atoms with Crippen molar-refractivity contribution in [2.24, 2.45) is 28.6 Å². The van der Waals surface area contributed by atoms with Gasteiger partial charge in [0, 0.05) is 16.7 Å². The Bertz CT molecular complexity index is 959. The molecule has 6 nitrogen and oxygen atoms in total. The molecule has 4 rings (SSSR count). The molecule has 0 aromatic carbocycles. The highest BCUT2D eigenvalue weighted by Gasteiger charge is 2.75. The summed E-state index contributed by atoms with van der Waals surface area (Å²) in [5.74, 6) is -2.09. The van der Waals surface area contributed by atoms with Crippen molar-refractivity contribution in [2.75, 3.05) is 12.9 Å². The zero-order valence-corrected chi connectivity index (χ0v) is 19.4. The molecule has 0 bridgehead atoms. The summed E-state index contributed by atoms with van der Waals surface area (Å²) in [5, 5.41) is 22.9. The summed E-state index contributed by atoms with van der Waals surface area (Å²) >= 11 is 0. The first-order chi connectivity index (χ1) is 14.2. The standard InChI is InChI=1S/C23H33FO6S/c1-14-11-17-16-9-8-15-7-5-6-10-20(15,2)22(16,24)18(25)12-21(17,3)23(14,27)19(26)13-30-31(4,28)29/h6-7,10,14,16-18,25,27H,5,8-9,11-13H2,1-4H3/t14-,16+,17+,18+,20+,21+,22+,23+/m1/s1. The maximum atomic E-state index is 17.0. The van der Waals surface area contributed by atoms with Gasteiger partial charge < -0.3 is 10.2 Å². The SMILES string of the molecule is C[C@@H]1C[C@H]2[C@@H]3CCC4=CCC=C[C@]4(C)[C@@]3(F)[C@@H](O)C[C@]2(C)[C@@]1(O)C(=O)COS(C)(=O)=O. The number of carbonyl (C=O) groups excluding carboxylic acids is 1. The second-order valence-corrected chi connectivity index (χ2v) is 12.2. The van der Waals surface area contributed by atoms with Gasteiger partial charge in [0.15, 0.2) is 11.5 Å². The van der Waals surface area contributed by atoms with Crippen molar-refractivity contribution in [3.05, 3.63) is 23.8 Å². The molecule has 8 atom stereocenters. The second-order valence-electron chi connectivity index (χ2n) is 10.5. The van der Waals surface area contributed by atoms with E-state index in [1.54, 1.807) is 13.8 Å². The highest BCUT2D eigenvalue weighted by Crippen LogP contribution is 2.70. The molecule has 4 aliphatic rings. The van der Waals surface area contributed by atoms with Crippen LogP contribution in [-0.4, -0.2) is 54.7 Å². The van der Waals surface area contributed by atoms with E-state index >= 15 is 4.39 Å². The molecule has 0 unspecified atom stereocenters. The van der Waals surface area contributed by atoms with Gasteiger partial charge in [0.05, 0.1) is 12.4 Å². The molecule has 2 N–H and O–H groups in total. The normalized spacial score (nSPS) is 49.1. The molecule has 3 saturated carbocycles. The number of rotatable bonds is 4. The lowest BCUT2D eigenvalue weighted by Crippen LogP contribution is -2.69. The molecule has 0 aliphatic heterocycles. The molecule has 31 heavy (non-hydrogen) atoms. The average molecular weight is 457 g/mol. The van der Waals surface area contributed by atoms with Gasteiger partial charge >= 0.3 is 0 Å². The Labute approximate surface area is 183 Å². The fourth-order valence-electron chi connectivity index (χ4n) is 7.55. The van der Waals surface area contributed by atoms with Gasteiger partial charge in [-0.05, 0) is 50.9 Å². The van der Waals surface area contributed by atoms with Crippen LogP contribution in [0.15, 0.2) is 23.8 Å². The summed E-state index contributed by atoms with van der Waals surface area (Å²) in [4.78, 5) is 13.1. The predicted octanol–water partition coefficient (Wildman–Crippen LogP) is 2.70. The number of aliphatic hydroxyl groups is 2. The Balaban J connectivity index is 1.74. The lowest BCUT2D eigenvalue weighted by atomic mass is 9.44. The summed E-state index contributed by atoms with van der Waals surface area (Å²) in [6, 6.07) is 0. The minimum atomic E-state index is -3.86. The van der Waals surface area contributed by atoms with Crippen molar-refractivity contribution in [2.45, 2.75) is 70.2 Å². The van der Waals surface area contributed by atoms with Crippen molar-refractivity contribution < 1.29 is 32.0 Å². The number of Topliss-reactive ketones (excluding diaryl/α,β-unsaturated/α-hetero) is 1. The maximum Gasteiger partial charge on any atom is 0.264 e. The van der Waals surface area contributed by atoms with Crippen LogP contribution >= 0.6 is 0 Å². The van der Waals surface area contributed by atoms with Crippen LogP contribution in [0.1, 0.15) is 52.9 Å². The molecule has 0 amide bonds. The van der Waals surface area contributed by atoms with Crippen LogP contribution in [0.5, 0.6) is 0 Å². The van der Waals surface area contributed by atoms with Crippen molar-refractivity contribution in [1.82, 2.24) is 0 Å². The largest absolute Gasteiger partial charge is 0.390 e. The molecule has 174 valence electrons. The molecule has 4 aliphatic carbocycles. The van der Waals surface area contributed by atoms with Crippen LogP contribution in [0, 0.1) is 28.6 Å². The number of fused-ring (bicyclic) bond motifs is 5. The van der Waals surface area contributed by atoms with E-state index in [1.165, 1.54) is 0 Å². The van der Waals surface area contributed by atoms with Gasteiger partial charge in [-0.15, -0.1) is 0 Å². The van der Waals surface area contributed by atoms with Gasteiger partial charge in [-0.1, -0.05) is 37.6 Å². The predicted molar refractivity (Wildman–Crippen MR) is 113 cm³/mol. The summed E-state index contributed by atoms with van der Waals surface area (Å²) < 4.78 is 44.5. The third kappa shape index (κ3) is 2.90. The molecular formula is C23H33FO6S. The van der Waals surface area contributed by atoms with E-state index in [9.17, 15) is 23.4 Å². The summed E-state index contributed by atoms with van der Waals surface area (Å²) in [5.41, 5.74) is -4.78. The van der Waals surface area contributed by atoms with E-state index in [4.69, 9.17) is 4.18 Å². The number of allylic oxidation sites excluding steroid dienone is 4. The Hall–Kier alpha value is -1.09. The lowest BCUT2D eigenvalue weighted by Gasteiger charge is -2.62. The molecule has 0 aromatic heterocycles. The van der Waals surface area contributed by atoms with Crippen LogP contribution in [-0.2, 0) is 19.1 Å². The van der Waals surface area contributed by atoms with Gasteiger partial charge in [0.25, 0.3) is 10.1 Å². The number of alkyl halides is 1. The molecule has 0 radical (unpaired) electrons. The fourth-order valence-corrected chi connectivity index (χ4v) is 7.87. The van der Waals surface area contributed by atoms with Gasteiger partial charge in [-0.25, -0.2) is 4.39 Å². The third-order valence-electron chi connectivity index (χ3n) is 9.11. The van der Waals surface area contributed by atoms with Crippen molar-refractivity contribution in [3.8, 4) is 0 Å². The number of halogens is 1. The first kappa shape index (κ1) is 23.1. The van der Waals surface area contributed by atoms with Crippen molar-refractivity contribution >= 4 is 15.9 Å². The first-order valence-electron chi connectivity index (χ1n) is 11.1. The number of ketones is 1. The van der Waals surface area contributed by atoms with Crippen LogP contribution in [0.3, 0.4) is 0 Å². The Morgan fingerprint density at radius 3 is 2.65 bits per heavy atom. The molecule has 8 heteroatoms. The topological polar surface area (TPSA) is 101 Å². The van der Waals surface area contributed by atoms with E-state index in [2.05, 4.69) is 6.08 Å². The maximum absolute atomic E-state index is 17.0. The fraction of sp³-hybridized carbons (Fsp3) is 0.783. The van der Waals surface area contributed by atoms with E-state index < -0.39 is 62.5 Å². The van der Waals surface area contributed by atoms with Crippen LogP contribution in [0.25, 0.3) is 0 Å². The zero-order chi connectivity index (χ0) is 23.0. The van der Waals surface area contributed by atoms with Crippen LogP contribution in [0.2, 0.25) is 0 Å². The monoisotopic (exact) mass is 456 g/mol. The zero-order valence-electron chi connectivity index (χ0n) is 18.6. The minimum Gasteiger partial charge on any atom is -0.390 e. The summed E-state index contributed by atoms with van der Waals surface area (Å²) in [7, 11) is -3.86. The number of aliphatic hydroxyl groups excluding tert-OH is 1. The van der Waals surface area contributed by atoms with E-state index in [0.29, 0.717) is 19.3 Å². The second kappa shape index (κ2) is 6.95. The first-order valence-corrected chi connectivity index (χ1v) is 12.9. The van der Waals surface area contributed by atoms with Gasteiger partial charge in [0.2, 0.25) is 0 Å². The van der Waals surface area contributed by atoms with Crippen molar-refractivity contribution in [1.29, 1.82) is 0 Å². The molecule has 3 fully saturated rings. The van der Waals surface area contributed by atoms with Crippen LogP contribution < -0.4 is 0 Å². The van der Waals surface area contributed by atoms with Crippen molar-refractivity contribution in [3.63, 3.8) is 0 Å². The van der Waals surface area contributed by atoms with E-state index in [0.717, 1.165) is 18.2 Å². The molecular weight excluding hydrogens is 423 g/mol. The Morgan fingerprint density at radius 2 is 2.00 bits per heavy atom. The number of hydrogen-bond acceptors (Lipinski definition) is 6. The number of carbonyl (C=O) groups is 1. The van der Waals surface area contributed by atoms with Crippen LogP contribution in [0.4, 0.5) is 4.39 Å². The average Bonchev–Trinajstić information content (AvgIpc) is 2.88. The van der Waals surface area contributed by atoms with E-state index in [1.807, 2.05) is 19.1 Å². The smallest absolute Gasteiger partial charge is 0.264 e. The highest BCUT2D eigenvalue weighted by molar-refractivity contribution is 7.86. The number of hydrogen-bond donors (Lipinski definition) is 2. The molecule has 0 aromatic rings. The Morgan fingerprint density at radius 1 is 1.32 bits per heavy atom. The minimum absolute atomic E-state index is 0.0766. The lowest BCUT2D eigenvalue weighted by molar-refractivity contribution is -0.219.